The van der Waals surface area contributed by atoms with Crippen molar-refractivity contribution < 1.29 is 33.4 Å². The maximum absolute atomic E-state index is 11.8. The van der Waals surface area contributed by atoms with Gasteiger partial charge < -0.3 is 19.5 Å². The Hall–Kier alpha value is -2.90. The van der Waals surface area contributed by atoms with Gasteiger partial charge in [0, 0.05) is 20.8 Å². The number of benzene rings is 1. The van der Waals surface area contributed by atoms with Crippen molar-refractivity contribution in [2.45, 2.75) is 26.8 Å². The third-order valence-corrected chi connectivity index (χ3v) is 2.59. The van der Waals surface area contributed by atoms with Gasteiger partial charge in [-0.25, -0.2) is 4.79 Å². The molecule has 0 saturated carbocycles. The Morgan fingerprint density at radius 3 is 2.00 bits per heavy atom. The van der Waals surface area contributed by atoms with E-state index in [0.29, 0.717) is 5.56 Å². The molecule has 0 aliphatic heterocycles. The molecule has 124 valence electrons. The molecule has 0 radical (unpaired) electrons. The highest BCUT2D eigenvalue weighted by Crippen LogP contribution is 2.31. The van der Waals surface area contributed by atoms with Gasteiger partial charge in [0.1, 0.15) is 0 Å². The number of methoxy groups -OCH3 is 1. The number of rotatable bonds is 5. The topological polar surface area (TPSA) is 108 Å². The summed E-state index contributed by atoms with van der Waals surface area (Å²) in [6.07, 6.45) is 0. The van der Waals surface area contributed by atoms with Gasteiger partial charge in [-0.1, -0.05) is 6.07 Å². The molecule has 0 fully saturated rings. The fraction of sp³-hybridized carbons (Fsp3) is 0.333. The molecule has 8 heteroatoms. The molecule has 1 amide bonds. The third-order valence-electron chi connectivity index (χ3n) is 2.59. The molecule has 0 aromatic heterocycles. The minimum absolute atomic E-state index is 0.0166. The van der Waals surface area contributed by atoms with E-state index in [1.165, 1.54) is 46.1 Å². The fourth-order valence-corrected chi connectivity index (χ4v) is 1.78. The summed E-state index contributed by atoms with van der Waals surface area (Å²) in [5, 5.41) is 2.43. The van der Waals surface area contributed by atoms with Crippen LogP contribution < -0.4 is 14.8 Å². The number of carbonyl (C=O) groups is 4. The van der Waals surface area contributed by atoms with Crippen molar-refractivity contribution in [2.24, 2.45) is 0 Å². The van der Waals surface area contributed by atoms with Gasteiger partial charge in [0.25, 0.3) is 0 Å². The van der Waals surface area contributed by atoms with Crippen LogP contribution in [0, 0.1) is 0 Å². The zero-order chi connectivity index (χ0) is 17.6. The van der Waals surface area contributed by atoms with Crippen LogP contribution >= 0.6 is 0 Å². The van der Waals surface area contributed by atoms with Crippen LogP contribution in [0.1, 0.15) is 32.4 Å². The number of hydrogen-bond acceptors (Lipinski definition) is 7. The lowest BCUT2D eigenvalue weighted by atomic mass is 10.1. The first-order valence-corrected chi connectivity index (χ1v) is 6.60. The highest BCUT2D eigenvalue weighted by molar-refractivity contribution is 5.84. The van der Waals surface area contributed by atoms with Crippen LogP contribution in [0.3, 0.4) is 0 Å². The van der Waals surface area contributed by atoms with Crippen molar-refractivity contribution in [1.29, 1.82) is 0 Å². The van der Waals surface area contributed by atoms with Gasteiger partial charge in [-0.05, 0) is 17.7 Å². The predicted octanol–water partition coefficient (Wildman–Crippen LogP) is 0.887. The molecule has 1 N–H and O–H groups in total. The Kier molecular flexibility index (Phi) is 6.25. The van der Waals surface area contributed by atoms with Crippen LogP contribution in [0.2, 0.25) is 0 Å². The highest BCUT2D eigenvalue weighted by atomic mass is 16.6. The molecule has 0 unspecified atom stereocenters. The molecule has 8 nitrogen and oxygen atoms in total. The Morgan fingerprint density at radius 1 is 0.957 bits per heavy atom. The van der Waals surface area contributed by atoms with Crippen LogP contribution in [-0.4, -0.2) is 30.9 Å². The zero-order valence-electron chi connectivity index (χ0n) is 13.2. The molecular formula is C15H17NO7. The van der Waals surface area contributed by atoms with Crippen molar-refractivity contribution in [2.75, 3.05) is 7.11 Å². The second-order valence-electron chi connectivity index (χ2n) is 4.55. The van der Waals surface area contributed by atoms with Crippen LogP contribution in [0.25, 0.3) is 0 Å². The SMILES string of the molecule is COC(=O)[C@@H](NC(C)=O)c1ccc(OC(C)=O)c(OC(C)=O)c1. The van der Waals surface area contributed by atoms with Crippen molar-refractivity contribution in [3.05, 3.63) is 23.8 Å². The normalized spacial score (nSPS) is 11.1. The molecule has 0 aliphatic carbocycles. The Morgan fingerprint density at radius 2 is 1.52 bits per heavy atom. The Balaban J connectivity index is 3.28. The van der Waals surface area contributed by atoms with E-state index >= 15 is 0 Å². The first-order chi connectivity index (χ1) is 10.7. The van der Waals surface area contributed by atoms with Gasteiger partial charge in [-0.15, -0.1) is 0 Å². The Bertz CT molecular complexity index is 639. The van der Waals surface area contributed by atoms with Gasteiger partial charge in [-0.3, -0.25) is 14.4 Å². The van der Waals surface area contributed by atoms with Crippen LogP contribution in [-0.2, 0) is 23.9 Å². The second-order valence-corrected chi connectivity index (χ2v) is 4.55. The van der Waals surface area contributed by atoms with Gasteiger partial charge >= 0.3 is 17.9 Å². The number of hydrogen-bond donors (Lipinski definition) is 1. The molecule has 0 saturated heterocycles. The summed E-state index contributed by atoms with van der Waals surface area (Å²) < 4.78 is 14.5. The quantitative estimate of drug-likeness (QED) is 0.633. The maximum Gasteiger partial charge on any atom is 0.333 e. The number of esters is 3. The van der Waals surface area contributed by atoms with Crippen molar-refractivity contribution >= 4 is 23.8 Å². The average Bonchev–Trinajstić information content (AvgIpc) is 2.44. The van der Waals surface area contributed by atoms with Gasteiger partial charge in [0.15, 0.2) is 17.5 Å². The molecule has 23 heavy (non-hydrogen) atoms. The van der Waals surface area contributed by atoms with Crippen LogP contribution in [0.5, 0.6) is 11.5 Å². The summed E-state index contributed by atoms with van der Waals surface area (Å²) >= 11 is 0. The summed E-state index contributed by atoms with van der Waals surface area (Å²) in [5.41, 5.74) is 0.305. The lowest BCUT2D eigenvalue weighted by Crippen LogP contribution is -2.33. The molecule has 0 heterocycles. The van der Waals surface area contributed by atoms with E-state index in [0.717, 1.165) is 0 Å². The molecule has 1 atom stereocenters. The van der Waals surface area contributed by atoms with E-state index in [2.05, 4.69) is 10.1 Å². The first kappa shape index (κ1) is 18.1. The molecule has 0 bridgehead atoms. The van der Waals surface area contributed by atoms with E-state index in [-0.39, 0.29) is 11.5 Å². The van der Waals surface area contributed by atoms with E-state index in [9.17, 15) is 19.2 Å². The molecular weight excluding hydrogens is 306 g/mol. The van der Waals surface area contributed by atoms with Crippen LogP contribution in [0.15, 0.2) is 18.2 Å². The third kappa shape index (κ3) is 5.42. The summed E-state index contributed by atoms with van der Waals surface area (Å²) in [6.45, 7) is 3.62. The van der Waals surface area contributed by atoms with Crippen molar-refractivity contribution in [3.63, 3.8) is 0 Å². The first-order valence-electron chi connectivity index (χ1n) is 6.60. The summed E-state index contributed by atoms with van der Waals surface area (Å²) in [4.78, 5) is 45.3. The van der Waals surface area contributed by atoms with Gasteiger partial charge in [0.2, 0.25) is 5.91 Å². The Labute approximate surface area is 132 Å². The van der Waals surface area contributed by atoms with E-state index in [1.54, 1.807) is 0 Å². The number of ether oxygens (including phenoxy) is 3. The van der Waals surface area contributed by atoms with E-state index in [4.69, 9.17) is 9.47 Å². The molecule has 1 aromatic carbocycles. The molecule has 1 aromatic rings. The van der Waals surface area contributed by atoms with E-state index in [1.807, 2.05) is 0 Å². The van der Waals surface area contributed by atoms with Gasteiger partial charge in [-0.2, -0.15) is 0 Å². The lowest BCUT2D eigenvalue weighted by molar-refractivity contribution is -0.145. The standard InChI is InChI=1S/C15H17NO7/c1-8(17)16-14(15(20)21-4)11-5-6-12(22-9(2)18)13(7-11)23-10(3)19/h5-7,14H,1-4H3,(H,16,17)/t14-/m0/s1. The summed E-state index contributed by atoms with van der Waals surface area (Å²) in [5.74, 6) is -2.41. The zero-order valence-corrected chi connectivity index (χ0v) is 13.2. The minimum atomic E-state index is -1.09. The molecule has 0 aliphatic rings. The molecule has 1 rings (SSSR count). The van der Waals surface area contributed by atoms with Crippen LogP contribution in [0.4, 0.5) is 0 Å². The monoisotopic (exact) mass is 323 g/mol. The summed E-state index contributed by atoms with van der Waals surface area (Å²) in [7, 11) is 1.18. The fourth-order valence-electron chi connectivity index (χ4n) is 1.78. The van der Waals surface area contributed by atoms with Crippen molar-refractivity contribution in [1.82, 2.24) is 5.32 Å². The average molecular weight is 323 g/mol. The molecule has 0 spiro atoms. The number of amides is 1. The van der Waals surface area contributed by atoms with Crippen molar-refractivity contribution in [3.8, 4) is 11.5 Å². The second kappa shape index (κ2) is 7.92. The summed E-state index contributed by atoms with van der Waals surface area (Å²) in [6, 6.07) is 3.03. The maximum atomic E-state index is 11.8. The smallest absolute Gasteiger partial charge is 0.333 e. The predicted molar refractivity (Wildman–Crippen MR) is 77.6 cm³/mol. The van der Waals surface area contributed by atoms with Gasteiger partial charge in [0.05, 0.1) is 7.11 Å². The largest absolute Gasteiger partial charge is 0.467 e. The lowest BCUT2D eigenvalue weighted by Gasteiger charge is -2.17. The number of nitrogens with one attached hydrogen (secondary N) is 1. The highest BCUT2D eigenvalue weighted by Gasteiger charge is 2.24. The van der Waals surface area contributed by atoms with E-state index < -0.39 is 29.9 Å². The number of carbonyl (C=O) groups excluding carboxylic acids is 4. The minimum Gasteiger partial charge on any atom is -0.467 e.